The Labute approximate surface area is 99.3 Å². The number of nitrogens with zero attached hydrogens (tertiary/aromatic N) is 1. The molecule has 4 heteroatoms. The molecule has 0 aliphatic rings. The molecule has 1 aromatic rings. The van der Waals surface area contributed by atoms with Crippen molar-refractivity contribution in [3.8, 4) is 6.07 Å². The van der Waals surface area contributed by atoms with Gasteiger partial charge in [0.05, 0.1) is 12.6 Å². The molecule has 1 rings (SSSR count). The normalized spacial score (nSPS) is 10.7. The molecule has 1 N–H and O–H groups in total. The number of halogens is 1. The Morgan fingerprint density at radius 1 is 1.56 bits per heavy atom. The Kier molecular flexibility index (Phi) is 4.56. The molecule has 0 atom stereocenters. The maximum absolute atomic E-state index is 10.7. The highest BCUT2D eigenvalue weighted by Gasteiger charge is 2.00. The molecule has 0 aromatic heterocycles. The average Bonchev–Trinajstić information content (AvgIpc) is 2.26. The maximum atomic E-state index is 10.7. The first kappa shape index (κ1) is 12.3. The molecular weight excluding hydrogens is 224 g/mol. The van der Waals surface area contributed by atoms with Crippen molar-refractivity contribution in [1.82, 2.24) is 5.32 Å². The largest absolute Gasteiger partial charge is 0.352 e. The van der Waals surface area contributed by atoms with Crippen molar-refractivity contribution in [2.75, 3.05) is 6.54 Å². The number of amides is 1. The number of hydrogen-bond acceptors (Lipinski definition) is 2. The molecule has 0 spiro atoms. The molecule has 82 valence electrons. The fourth-order valence-electron chi connectivity index (χ4n) is 1.12. The van der Waals surface area contributed by atoms with Crippen LogP contribution in [0, 0.1) is 11.3 Å². The zero-order valence-corrected chi connectivity index (χ0v) is 9.58. The quantitative estimate of drug-likeness (QED) is 0.817. The maximum Gasteiger partial charge on any atom is 0.217 e. The van der Waals surface area contributed by atoms with Gasteiger partial charge >= 0.3 is 0 Å². The number of benzene rings is 1. The lowest BCUT2D eigenvalue weighted by Gasteiger charge is -2.01. The smallest absolute Gasteiger partial charge is 0.217 e. The molecule has 0 saturated heterocycles. The van der Waals surface area contributed by atoms with E-state index in [0.717, 1.165) is 5.56 Å². The predicted octanol–water partition coefficient (Wildman–Crippen LogP) is 2.38. The molecule has 0 unspecified atom stereocenters. The summed E-state index contributed by atoms with van der Waals surface area (Å²) in [5, 5.41) is 12.0. The fourth-order valence-corrected chi connectivity index (χ4v) is 1.31. The summed E-state index contributed by atoms with van der Waals surface area (Å²) in [5.41, 5.74) is 1.23. The Morgan fingerprint density at radius 3 is 2.81 bits per heavy atom. The van der Waals surface area contributed by atoms with Crippen LogP contribution in [0.1, 0.15) is 12.5 Å². The van der Waals surface area contributed by atoms with Crippen LogP contribution in [-0.4, -0.2) is 12.5 Å². The highest BCUT2D eigenvalue weighted by Crippen LogP contribution is 2.17. The average molecular weight is 235 g/mol. The van der Waals surface area contributed by atoms with E-state index < -0.39 is 0 Å². The van der Waals surface area contributed by atoms with Crippen LogP contribution in [0.15, 0.2) is 29.8 Å². The van der Waals surface area contributed by atoms with Crippen LogP contribution < -0.4 is 5.32 Å². The number of nitriles is 1. The van der Waals surface area contributed by atoms with Crippen molar-refractivity contribution in [2.45, 2.75) is 6.92 Å². The summed E-state index contributed by atoms with van der Waals surface area (Å²) in [6, 6.07) is 9.24. The third-order valence-corrected chi connectivity index (χ3v) is 2.25. The summed E-state index contributed by atoms with van der Waals surface area (Å²) in [6.45, 7) is 1.63. The second-order valence-electron chi connectivity index (χ2n) is 3.21. The third-order valence-electron chi connectivity index (χ3n) is 1.91. The molecule has 1 amide bonds. The van der Waals surface area contributed by atoms with E-state index in [4.69, 9.17) is 16.9 Å². The lowest BCUT2D eigenvalue weighted by atomic mass is 10.1. The van der Waals surface area contributed by atoms with E-state index in [1.807, 2.05) is 24.3 Å². The molecule has 16 heavy (non-hydrogen) atoms. The molecule has 1 aromatic carbocycles. The van der Waals surface area contributed by atoms with Gasteiger partial charge < -0.3 is 5.32 Å². The van der Waals surface area contributed by atoms with Gasteiger partial charge in [0.15, 0.2) is 0 Å². The van der Waals surface area contributed by atoms with Crippen LogP contribution in [0.4, 0.5) is 0 Å². The molecule has 0 aliphatic heterocycles. The van der Waals surface area contributed by atoms with E-state index in [1.165, 1.54) is 6.92 Å². The number of rotatable bonds is 3. The summed E-state index contributed by atoms with van der Waals surface area (Å²) >= 11 is 5.95. The lowest BCUT2D eigenvalue weighted by Crippen LogP contribution is -2.21. The Balaban J connectivity index is 2.85. The van der Waals surface area contributed by atoms with Gasteiger partial charge in [-0.15, -0.1) is 0 Å². The van der Waals surface area contributed by atoms with Gasteiger partial charge in [0, 0.05) is 17.5 Å². The summed E-state index contributed by atoms with van der Waals surface area (Å²) < 4.78 is 0. The van der Waals surface area contributed by atoms with Gasteiger partial charge in [0.2, 0.25) is 5.91 Å². The molecule has 0 heterocycles. The van der Waals surface area contributed by atoms with Crippen molar-refractivity contribution in [3.63, 3.8) is 0 Å². The van der Waals surface area contributed by atoms with Crippen LogP contribution in [0.2, 0.25) is 5.02 Å². The first-order valence-corrected chi connectivity index (χ1v) is 5.11. The van der Waals surface area contributed by atoms with Crippen LogP contribution in [-0.2, 0) is 4.79 Å². The summed E-state index contributed by atoms with van der Waals surface area (Å²) in [4.78, 5) is 10.7. The number of carbonyl (C=O) groups excluding carboxylic acids is 1. The first-order chi connectivity index (χ1) is 7.63. The highest BCUT2D eigenvalue weighted by atomic mass is 35.5. The zero-order chi connectivity index (χ0) is 12.0. The number of hydrogen-bond donors (Lipinski definition) is 1. The van der Waals surface area contributed by atoms with Crippen LogP contribution in [0.3, 0.4) is 0 Å². The van der Waals surface area contributed by atoms with Gasteiger partial charge in [-0.3, -0.25) is 4.79 Å². The minimum atomic E-state index is -0.166. The predicted molar refractivity (Wildman–Crippen MR) is 63.7 cm³/mol. The second-order valence-corrected chi connectivity index (χ2v) is 3.62. The highest BCUT2D eigenvalue weighted by molar-refractivity contribution is 6.32. The molecule has 0 fully saturated rings. The van der Waals surface area contributed by atoms with Gasteiger partial charge in [0.1, 0.15) is 0 Å². The minimum absolute atomic E-state index is 0.166. The monoisotopic (exact) mass is 234 g/mol. The van der Waals surface area contributed by atoms with E-state index in [9.17, 15) is 4.79 Å². The van der Waals surface area contributed by atoms with Crippen molar-refractivity contribution in [3.05, 3.63) is 40.4 Å². The Hall–Kier alpha value is -1.79. The van der Waals surface area contributed by atoms with Crippen LogP contribution in [0.25, 0.3) is 6.08 Å². The summed E-state index contributed by atoms with van der Waals surface area (Å²) in [7, 11) is 0. The Morgan fingerprint density at radius 2 is 2.25 bits per heavy atom. The van der Waals surface area contributed by atoms with Gasteiger partial charge in [-0.2, -0.15) is 5.26 Å². The van der Waals surface area contributed by atoms with Crippen molar-refractivity contribution in [2.24, 2.45) is 0 Å². The van der Waals surface area contributed by atoms with E-state index in [1.54, 1.807) is 12.1 Å². The topological polar surface area (TPSA) is 52.9 Å². The summed E-state index contributed by atoms with van der Waals surface area (Å²) in [5.74, 6) is -0.166. The van der Waals surface area contributed by atoms with E-state index in [2.05, 4.69) is 5.32 Å². The summed E-state index contributed by atoms with van der Waals surface area (Å²) in [6.07, 6.45) is 1.66. The van der Waals surface area contributed by atoms with E-state index in [0.29, 0.717) is 10.6 Å². The standard InChI is InChI=1S/C12H11ClN2O/c1-9(16)15-8-10(7-14)6-11-4-2-3-5-12(11)13/h2-6H,8H2,1H3,(H,15,16)/b10-6+. The minimum Gasteiger partial charge on any atom is -0.352 e. The fraction of sp³-hybridized carbons (Fsp3) is 0.167. The number of carbonyl (C=O) groups is 1. The van der Waals surface area contributed by atoms with Crippen molar-refractivity contribution < 1.29 is 4.79 Å². The van der Waals surface area contributed by atoms with E-state index in [-0.39, 0.29) is 12.5 Å². The molecular formula is C12H11ClN2O. The third kappa shape index (κ3) is 3.76. The van der Waals surface area contributed by atoms with Gasteiger partial charge in [-0.05, 0) is 17.7 Å². The second kappa shape index (κ2) is 5.94. The van der Waals surface area contributed by atoms with Crippen molar-refractivity contribution >= 4 is 23.6 Å². The van der Waals surface area contributed by atoms with Gasteiger partial charge in [0.25, 0.3) is 0 Å². The van der Waals surface area contributed by atoms with Crippen LogP contribution >= 0.6 is 11.6 Å². The zero-order valence-electron chi connectivity index (χ0n) is 8.83. The van der Waals surface area contributed by atoms with Gasteiger partial charge in [-0.1, -0.05) is 29.8 Å². The van der Waals surface area contributed by atoms with Crippen LogP contribution in [0.5, 0.6) is 0 Å². The van der Waals surface area contributed by atoms with E-state index >= 15 is 0 Å². The van der Waals surface area contributed by atoms with Gasteiger partial charge in [-0.25, -0.2) is 0 Å². The SMILES string of the molecule is CC(=O)NC/C(C#N)=C/c1ccccc1Cl. The molecule has 0 saturated carbocycles. The molecule has 0 aliphatic carbocycles. The van der Waals surface area contributed by atoms with Crippen molar-refractivity contribution in [1.29, 1.82) is 5.26 Å². The first-order valence-electron chi connectivity index (χ1n) is 4.73. The molecule has 3 nitrogen and oxygen atoms in total. The lowest BCUT2D eigenvalue weighted by molar-refractivity contribution is -0.118. The Bertz CT molecular complexity index is 460. The number of nitrogens with one attached hydrogen (secondary N) is 1. The molecule has 0 radical (unpaired) electrons. The molecule has 0 bridgehead atoms.